The second-order valence-electron chi connectivity index (χ2n) is 7.84. The summed E-state index contributed by atoms with van der Waals surface area (Å²) in [5, 5.41) is 14.5. The number of hydrogen-bond donors (Lipinski definition) is 1. The second kappa shape index (κ2) is 10.4. The number of carbonyl (C=O) groups is 1. The summed E-state index contributed by atoms with van der Waals surface area (Å²) in [6.07, 6.45) is 2.56. The van der Waals surface area contributed by atoms with Gasteiger partial charge in [0.05, 0.1) is 27.4 Å². The van der Waals surface area contributed by atoms with E-state index in [-0.39, 0.29) is 16.5 Å². The molecule has 0 unspecified atom stereocenters. The van der Waals surface area contributed by atoms with Crippen molar-refractivity contribution in [2.75, 3.05) is 36.4 Å². The number of amides is 1. The van der Waals surface area contributed by atoms with E-state index in [2.05, 4.69) is 20.1 Å². The summed E-state index contributed by atoms with van der Waals surface area (Å²) < 4.78 is 0. The van der Waals surface area contributed by atoms with Crippen LogP contribution < -0.4 is 10.2 Å². The van der Waals surface area contributed by atoms with Gasteiger partial charge in [-0.3, -0.25) is 19.8 Å². The van der Waals surface area contributed by atoms with Crippen molar-refractivity contribution in [2.24, 2.45) is 0 Å². The fourth-order valence-electron chi connectivity index (χ4n) is 3.91. The lowest BCUT2D eigenvalue weighted by Crippen LogP contribution is -2.31. The lowest BCUT2D eigenvalue weighted by atomic mass is 10.1. The van der Waals surface area contributed by atoms with Gasteiger partial charge in [-0.25, -0.2) is 4.98 Å². The molecule has 0 radical (unpaired) electrons. The molecule has 1 amide bonds. The smallest absolute Gasteiger partial charge is 0.273 e. The number of anilines is 2. The summed E-state index contributed by atoms with van der Waals surface area (Å²) >= 11 is 6.09. The number of nitro benzene ring substituents is 1. The Balaban J connectivity index is 1.36. The van der Waals surface area contributed by atoms with E-state index < -0.39 is 0 Å². The number of nitro groups is 1. The molecule has 0 aliphatic carbocycles. The number of hydrogen-bond acceptors (Lipinski definition) is 6. The van der Waals surface area contributed by atoms with Crippen LogP contribution in [0.5, 0.6) is 0 Å². The Morgan fingerprint density at radius 2 is 1.82 bits per heavy atom. The van der Waals surface area contributed by atoms with Crippen LogP contribution in [-0.2, 0) is 6.54 Å². The average molecular weight is 466 g/mol. The number of carbonyl (C=O) groups excluding carboxylic acids is 1. The third kappa shape index (κ3) is 5.66. The van der Waals surface area contributed by atoms with Gasteiger partial charge in [-0.05, 0) is 30.7 Å². The van der Waals surface area contributed by atoms with Crippen molar-refractivity contribution in [3.63, 3.8) is 0 Å². The average Bonchev–Trinajstić information content (AvgIpc) is 3.06. The normalized spacial score (nSPS) is 14.5. The summed E-state index contributed by atoms with van der Waals surface area (Å²) in [6, 6.07) is 17.5. The molecule has 0 spiro atoms. The number of rotatable bonds is 6. The number of aromatic nitrogens is 1. The predicted molar refractivity (Wildman–Crippen MR) is 129 cm³/mol. The fourth-order valence-corrected chi connectivity index (χ4v) is 4.13. The Bertz CT molecular complexity index is 1140. The molecule has 4 rings (SSSR count). The maximum absolute atomic E-state index is 12.4. The highest BCUT2D eigenvalue weighted by molar-refractivity contribution is 6.34. The Morgan fingerprint density at radius 1 is 1.03 bits per heavy atom. The van der Waals surface area contributed by atoms with Crippen LogP contribution in [0.1, 0.15) is 22.3 Å². The van der Waals surface area contributed by atoms with Crippen LogP contribution in [0, 0.1) is 10.1 Å². The van der Waals surface area contributed by atoms with Gasteiger partial charge in [0.1, 0.15) is 5.82 Å². The Labute approximate surface area is 197 Å². The lowest BCUT2D eigenvalue weighted by molar-refractivity contribution is -0.385. The summed E-state index contributed by atoms with van der Waals surface area (Å²) in [4.78, 5) is 32.4. The maximum Gasteiger partial charge on any atom is 0.273 e. The van der Waals surface area contributed by atoms with Crippen molar-refractivity contribution >= 4 is 34.7 Å². The van der Waals surface area contributed by atoms with Crippen LogP contribution >= 0.6 is 11.6 Å². The van der Waals surface area contributed by atoms with Gasteiger partial charge in [0, 0.05) is 44.4 Å². The summed E-state index contributed by atoms with van der Waals surface area (Å²) in [6.45, 7) is 3.78. The van der Waals surface area contributed by atoms with Crippen molar-refractivity contribution in [1.82, 2.24) is 9.88 Å². The molecule has 1 aliphatic rings. The van der Waals surface area contributed by atoms with Gasteiger partial charge in [-0.2, -0.15) is 0 Å². The number of nitrogens with one attached hydrogen (secondary N) is 1. The summed E-state index contributed by atoms with van der Waals surface area (Å²) in [5.41, 5.74) is 1.90. The molecule has 8 nitrogen and oxygen atoms in total. The Morgan fingerprint density at radius 3 is 2.58 bits per heavy atom. The molecule has 0 atom stereocenters. The third-order valence-electron chi connectivity index (χ3n) is 5.62. The van der Waals surface area contributed by atoms with Crippen molar-refractivity contribution in [1.29, 1.82) is 0 Å². The zero-order chi connectivity index (χ0) is 23.2. The minimum Gasteiger partial charge on any atom is -0.355 e. The monoisotopic (exact) mass is 465 g/mol. The first-order valence-electron chi connectivity index (χ1n) is 10.7. The van der Waals surface area contributed by atoms with E-state index in [1.165, 1.54) is 0 Å². The first-order chi connectivity index (χ1) is 16.0. The predicted octanol–water partition coefficient (Wildman–Crippen LogP) is 4.61. The second-order valence-corrected chi connectivity index (χ2v) is 8.25. The quantitative estimate of drug-likeness (QED) is 0.422. The molecule has 0 bridgehead atoms. The SMILES string of the molecule is O=C(Nc1ccc(N2CCCN(Cc3ccccc3[N+](=O)[O-])CC2)nc1)c1ccccc1Cl. The van der Waals surface area contributed by atoms with Crippen molar-refractivity contribution in [3.05, 3.63) is 93.1 Å². The summed E-state index contributed by atoms with van der Waals surface area (Å²) in [7, 11) is 0. The maximum atomic E-state index is 12.4. The molecule has 1 saturated heterocycles. The highest BCUT2D eigenvalue weighted by Crippen LogP contribution is 2.22. The van der Waals surface area contributed by atoms with Gasteiger partial charge in [0.2, 0.25) is 0 Å². The van der Waals surface area contributed by atoms with Gasteiger partial charge in [-0.15, -0.1) is 0 Å². The third-order valence-corrected chi connectivity index (χ3v) is 5.95. The van der Waals surface area contributed by atoms with Crippen molar-refractivity contribution < 1.29 is 9.72 Å². The van der Waals surface area contributed by atoms with Crippen LogP contribution in [0.25, 0.3) is 0 Å². The van der Waals surface area contributed by atoms with Gasteiger partial charge < -0.3 is 10.2 Å². The zero-order valence-electron chi connectivity index (χ0n) is 18.0. The Hall–Kier alpha value is -3.49. The van der Waals surface area contributed by atoms with E-state index in [0.29, 0.717) is 22.8 Å². The topological polar surface area (TPSA) is 91.6 Å². The van der Waals surface area contributed by atoms with Gasteiger partial charge >= 0.3 is 0 Å². The van der Waals surface area contributed by atoms with Crippen LogP contribution in [0.15, 0.2) is 66.9 Å². The number of benzene rings is 2. The number of nitrogens with zero attached hydrogens (tertiary/aromatic N) is 4. The largest absolute Gasteiger partial charge is 0.355 e. The van der Waals surface area contributed by atoms with E-state index in [4.69, 9.17) is 11.6 Å². The molecule has 9 heteroatoms. The van der Waals surface area contributed by atoms with E-state index in [1.807, 2.05) is 24.3 Å². The molecule has 1 fully saturated rings. The van der Waals surface area contributed by atoms with E-state index in [9.17, 15) is 14.9 Å². The van der Waals surface area contributed by atoms with Crippen LogP contribution in [0.4, 0.5) is 17.2 Å². The highest BCUT2D eigenvalue weighted by atomic mass is 35.5. The fraction of sp³-hybridized carbons (Fsp3) is 0.250. The van der Waals surface area contributed by atoms with Gasteiger partial charge in [0.15, 0.2) is 0 Å². The molecule has 3 aromatic rings. The van der Waals surface area contributed by atoms with Gasteiger partial charge in [0.25, 0.3) is 11.6 Å². The molecule has 1 aromatic heterocycles. The van der Waals surface area contributed by atoms with Crippen LogP contribution in [-0.4, -0.2) is 46.9 Å². The number of pyridine rings is 1. The van der Waals surface area contributed by atoms with Gasteiger partial charge in [-0.1, -0.05) is 41.9 Å². The number of para-hydroxylation sites is 1. The van der Waals surface area contributed by atoms with E-state index in [1.54, 1.807) is 42.6 Å². The molecular formula is C24H24ClN5O3. The molecule has 2 aromatic carbocycles. The number of halogens is 1. The highest BCUT2D eigenvalue weighted by Gasteiger charge is 2.20. The Kier molecular flexibility index (Phi) is 7.16. The van der Waals surface area contributed by atoms with Crippen molar-refractivity contribution in [3.8, 4) is 0 Å². The molecule has 1 aliphatic heterocycles. The van der Waals surface area contributed by atoms with E-state index in [0.717, 1.165) is 44.0 Å². The molecule has 170 valence electrons. The standard InChI is InChI=1S/C24H24ClN5O3/c25-21-8-3-2-7-20(21)24(31)27-19-10-11-23(26-16-19)29-13-5-12-28(14-15-29)17-18-6-1-4-9-22(18)30(32)33/h1-4,6-11,16H,5,12-15,17H2,(H,27,31). The minimum absolute atomic E-state index is 0.162. The lowest BCUT2D eigenvalue weighted by Gasteiger charge is -2.23. The first kappa shape index (κ1) is 22.7. The zero-order valence-corrected chi connectivity index (χ0v) is 18.7. The van der Waals surface area contributed by atoms with Crippen LogP contribution in [0.2, 0.25) is 5.02 Å². The first-order valence-corrected chi connectivity index (χ1v) is 11.1. The molecule has 33 heavy (non-hydrogen) atoms. The minimum atomic E-state index is -0.324. The van der Waals surface area contributed by atoms with E-state index >= 15 is 0 Å². The molecule has 0 saturated carbocycles. The molecular weight excluding hydrogens is 442 g/mol. The van der Waals surface area contributed by atoms with Crippen molar-refractivity contribution in [2.45, 2.75) is 13.0 Å². The molecule has 1 N–H and O–H groups in total. The molecule has 2 heterocycles. The van der Waals surface area contributed by atoms with Crippen LogP contribution in [0.3, 0.4) is 0 Å². The summed E-state index contributed by atoms with van der Waals surface area (Å²) in [5.74, 6) is 0.550.